The van der Waals surface area contributed by atoms with Gasteiger partial charge in [0, 0.05) is 6.04 Å². The quantitative estimate of drug-likeness (QED) is 0.546. The van der Waals surface area contributed by atoms with Crippen molar-refractivity contribution in [2.75, 3.05) is 11.5 Å². The third kappa shape index (κ3) is 1.09. The van der Waals surface area contributed by atoms with E-state index < -0.39 is 0 Å². The zero-order chi connectivity index (χ0) is 8.59. The Labute approximate surface area is 64.6 Å². The monoisotopic (exact) mass is 156 g/mol. The second kappa shape index (κ2) is 2.34. The van der Waals surface area contributed by atoms with Crippen LogP contribution in [0.1, 0.15) is 19.9 Å². The van der Waals surface area contributed by atoms with E-state index in [2.05, 4.69) is 5.10 Å². The summed E-state index contributed by atoms with van der Waals surface area (Å²) in [6.07, 6.45) is 0. The average Bonchev–Trinajstić information content (AvgIpc) is 2.17. The van der Waals surface area contributed by atoms with Gasteiger partial charge in [-0.1, -0.05) is 0 Å². The van der Waals surface area contributed by atoms with Crippen LogP contribution in [0.2, 0.25) is 0 Å². The highest BCUT2D eigenvalue weighted by atomic mass is 16.3. The predicted molar refractivity (Wildman–Crippen MR) is 43.1 cm³/mol. The van der Waals surface area contributed by atoms with Crippen LogP contribution in [0.4, 0.5) is 11.6 Å². The van der Waals surface area contributed by atoms with E-state index in [-0.39, 0.29) is 23.4 Å². The zero-order valence-corrected chi connectivity index (χ0v) is 6.57. The van der Waals surface area contributed by atoms with E-state index in [1.807, 2.05) is 13.8 Å². The Bertz CT molecular complexity index is 266. The highest BCUT2D eigenvalue weighted by Crippen LogP contribution is 2.28. The summed E-state index contributed by atoms with van der Waals surface area (Å²) in [6.45, 7) is 3.81. The van der Waals surface area contributed by atoms with Crippen molar-refractivity contribution >= 4 is 11.6 Å². The molecule has 0 saturated heterocycles. The van der Waals surface area contributed by atoms with Crippen LogP contribution >= 0.6 is 0 Å². The van der Waals surface area contributed by atoms with Crippen LogP contribution in [-0.4, -0.2) is 14.9 Å². The van der Waals surface area contributed by atoms with E-state index in [0.29, 0.717) is 0 Å². The number of nitrogens with two attached hydrogens (primary N) is 2. The van der Waals surface area contributed by atoms with Crippen molar-refractivity contribution in [2.45, 2.75) is 19.9 Å². The molecule has 0 atom stereocenters. The van der Waals surface area contributed by atoms with Gasteiger partial charge in [-0.25, -0.2) is 4.68 Å². The summed E-state index contributed by atoms with van der Waals surface area (Å²) in [5.41, 5.74) is 10.8. The van der Waals surface area contributed by atoms with Crippen LogP contribution < -0.4 is 11.5 Å². The number of aromatic nitrogens is 2. The first kappa shape index (κ1) is 7.71. The van der Waals surface area contributed by atoms with E-state index >= 15 is 0 Å². The molecule has 0 saturated carbocycles. The lowest BCUT2D eigenvalue weighted by Crippen LogP contribution is -2.06. The number of nitrogen functional groups attached to an aromatic ring is 2. The molecule has 1 heterocycles. The number of rotatable bonds is 1. The molecule has 0 radical (unpaired) electrons. The lowest BCUT2D eigenvalue weighted by Gasteiger charge is -2.05. The molecule has 0 fully saturated rings. The van der Waals surface area contributed by atoms with Gasteiger partial charge in [-0.15, -0.1) is 5.10 Å². The molecule has 11 heavy (non-hydrogen) atoms. The Morgan fingerprint density at radius 1 is 1.45 bits per heavy atom. The summed E-state index contributed by atoms with van der Waals surface area (Å²) in [5, 5.41) is 13.0. The summed E-state index contributed by atoms with van der Waals surface area (Å²) >= 11 is 0. The van der Waals surface area contributed by atoms with E-state index in [1.54, 1.807) is 0 Å². The minimum atomic E-state index is -0.126. The largest absolute Gasteiger partial charge is 0.502 e. The maximum Gasteiger partial charge on any atom is 0.202 e. The standard InChI is InChI=1S/C6H12N4O/c1-3(2)10-6(8)4(11)5(7)9-10/h3,11H,8H2,1-2H3,(H2,7,9). The smallest absolute Gasteiger partial charge is 0.202 e. The van der Waals surface area contributed by atoms with Crippen LogP contribution in [0.5, 0.6) is 5.75 Å². The van der Waals surface area contributed by atoms with Gasteiger partial charge >= 0.3 is 0 Å². The molecule has 0 amide bonds. The Morgan fingerprint density at radius 3 is 2.18 bits per heavy atom. The third-order valence-corrected chi connectivity index (χ3v) is 1.44. The molecule has 62 valence electrons. The van der Waals surface area contributed by atoms with Gasteiger partial charge < -0.3 is 16.6 Å². The molecule has 0 aliphatic carbocycles. The molecule has 5 heteroatoms. The summed E-state index contributed by atoms with van der Waals surface area (Å²) in [6, 6.07) is 0.109. The molecule has 0 aliphatic heterocycles. The summed E-state index contributed by atoms with van der Waals surface area (Å²) in [4.78, 5) is 0. The minimum Gasteiger partial charge on any atom is -0.502 e. The second-order valence-electron chi connectivity index (χ2n) is 2.66. The van der Waals surface area contributed by atoms with Gasteiger partial charge in [-0.3, -0.25) is 0 Å². The molecule has 5 N–H and O–H groups in total. The number of aromatic hydroxyl groups is 1. The van der Waals surface area contributed by atoms with Crippen LogP contribution in [-0.2, 0) is 0 Å². The van der Waals surface area contributed by atoms with Crippen molar-refractivity contribution in [1.29, 1.82) is 0 Å². The first-order chi connectivity index (χ1) is 5.04. The van der Waals surface area contributed by atoms with E-state index in [0.717, 1.165) is 0 Å². The van der Waals surface area contributed by atoms with Gasteiger partial charge in [-0.05, 0) is 13.8 Å². The molecular weight excluding hydrogens is 144 g/mol. The molecule has 5 nitrogen and oxygen atoms in total. The van der Waals surface area contributed by atoms with Crippen LogP contribution in [0.3, 0.4) is 0 Å². The van der Waals surface area contributed by atoms with Gasteiger partial charge in [0.1, 0.15) is 0 Å². The maximum absolute atomic E-state index is 9.14. The summed E-state index contributed by atoms with van der Waals surface area (Å²) in [5.74, 6) is 0.174. The van der Waals surface area contributed by atoms with Crippen LogP contribution in [0, 0.1) is 0 Å². The first-order valence-electron chi connectivity index (χ1n) is 3.36. The molecular formula is C6H12N4O. The van der Waals surface area contributed by atoms with Gasteiger partial charge in [0.15, 0.2) is 11.6 Å². The van der Waals surface area contributed by atoms with Crippen LogP contribution in [0.15, 0.2) is 0 Å². The lowest BCUT2D eigenvalue weighted by molar-refractivity contribution is 0.476. The zero-order valence-electron chi connectivity index (χ0n) is 6.57. The minimum absolute atomic E-state index is 0.0798. The second-order valence-corrected chi connectivity index (χ2v) is 2.66. The van der Waals surface area contributed by atoms with Gasteiger partial charge in [-0.2, -0.15) is 0 Å². The number of anilines is 2. The highest BCUT2D eigenvalue weighted by molar-refractivity contribution is 5.59. The maximum atomic E-state index is 9.14. The molecule has 1 rings (SSSR count). The van der Waals surface area contributed by atoms with E-state index in [9.17, 15) is 0 Å². The van der Waals surface area contributed by atoms with Gasteiger partial charge in [0.25, 0.3) is 0 Å². The van der Waals surface area contributed by atoms with E-state index in [4.69, 9.17) is 16.6 Å². The summed E-state index contributed by atoms with van der Waals surface area (Å²) < 4.78 is 1.48. The highest BCUT2D eigenvalue weighted by Gasteiger charge is 2.12. The molecule has 0 aromatic carbocycles. The lowest BCUT2D eigenvalue weighted by atomic mass is 10.4. The number of hydrogen-bond donors (Lipinski definition) is 3. The Kier molecular flexibility index (Phi) is 1.64. The Hall–Kier alpha value is -1.39. The Morgan fingerprint density at radius 2 is 2.00 bits per heavy atom. The van der Waals surface area contributed by atoms with Crippen molar-refractivity contribution in [3.63, 3.8) is 0 Å². The number of hydrogen-bond acceptors (Lipinski definition) is 4. The Balaban J connectivity index is 3.19. The van der Waals surface area contributed by atoms with Crippen molar-refractivity contribution in [1.82, 2.24) is 9.78 Å². The van der Waals surface area contributed by atoms with Crippen molar-refractivity contribution in [3.05, 3.63) is 0 Å². The SMILES string of the molecule is CC(C)n1nc(N)c(O)c1N. The fourth-order valence-corrected chi connectivity index (χ4v) is 0.851. The van der Waals surface area contributed by atoms with Crippen molar-refractivity contribution in [3.8, 4) is 5.75 Å². The summed E-state index contributed by atoms with van der Waals surface area (Å²) in [7, 11) is 0. The fraction of sp³-hybridized carbons (Fsp3) is 0.500. The topological polar surface area (TPSA) is 90.1 Å². The van der Waals surface area contributed by atoms with Crippen LogP contribution in [0.25, 0.3) is 0 Å². The van der Waals surface area contributed by atoms with Crippen molar-refractivity contribution in [2.24, 2.45) is 0 Å². The number of nitrogens with zero attached hydrogens (tertiary/aromatic N) is 2. The molecule has 1 aromatic heterocycles. The normalized spacial score (nSPS) is 10.8. The molecule has 0 unspecified atom stereocenters. The van der Waals surface area contributed by atoms with Gasteiger partial charge in [0.05, 0.1) is 0 Å². The molecule has 0 aliphatic rings. The molecule has 1 aromatic rings. The molecule has 0 spiro atoms. The molecule has 0 bridgehead atoms. The van der Waals surface area contributed by atoms with Crippen molar-refractivity contribution < 1.29 is 5.11 Å². The third-order valence-electron chi connectivity index (χ3n) is 1.44. The van der Waals surface area contributed by atoms with E-state index in [1.165, 1.54) is 4.68 Å². The first-order valence-corrected chi connectivity index (χ1v) is 3.36. The average molecular weight is 156 g/mol. The van der Waals surface area contributed by atoms with Gasteiger partial charge in [0.2, 0.25) is 5.75 Å². The fourth-order valence-electron chi connectivity index (χ4n) is 0.851. The predicted octanol–water partition coefficient (Wildman–Crippen LogP) is 0.334.